The molecule has 144 valence electrons. The Labute approximate surface area is 154 Å². The van der Waals surface area contributed by atoms with Gasteiger partial charge in [-0.25, -0.2) is 19.4 Å². The van der Waals surface area contributed by atoms with Gasteiger partial charge in [-0.3, -0.25) is 4.57 Å². The van der Waals surface area contributed by atoms with Gasteiger partial charge < -0.3 is 20.2 Å². The molecule has 27 heavy (non-hydrogen) atoms. The van der Waals surface area contributed by atoms with Gasteiger partial charge in [0.2, 0.25) is 0 Å². The number of carboxylic acid groups (broad SMARTS) is 2. The number of aliphatic carboxylic acids is 2. The molecular weight excluding hydrogens is 352 g/mol. The van der Waals surface area contributed by atoms with Crippen LogP contribution >= 0.6 is 0 Å². The first-order valence-electron chi connectivity index (χ1n) is 8.75. The Morgan fingerprint density at radius 1 is 1.26 bits per heavy atom. The fourth-order valence-electron chi connectivity index (χ4n) is 3.87. The van der Waals surface area contributed by atoms with Crippen molar-refractivity contribution in [3.63, 3.8) is 0 Å². The van der Waals surface area contributed by atoms with E-state index in [1.54, 1.807) is 6.20 Å². The van der Waals surface area contributed by atoms with Crippen molar-refractivity contribution in [3.8, 4) is 0 Å². The average Bonchev–Trinajstić information content (AvgIpc) is 3.18. The molecule has 1 fully saturated rings. The molecule has 0 amide bonds. The van der Waals surface area contributed by atoms with E-state index in [1.165, 1.54) is 12.8 Å². The van der Waals surface area contributed by atoms with Gasteiger partial charge in [-0.15, -0.1) is 0 Å². The van der Waals surface area contributed by atoms with E-state index in [2.05, 4.69) is 28.8 Å². The zero-order valence-corrected chi connectivity index (χ0v) is 15.2. The van der Waals surface area contributed by atoms with Gasteiger partial charge in [0.15, 0.2) is 0 Å². The van der Waals surface area contributed by atoms with Crippen LogP contribution in [-0.4, -0.2) is 41.7 Å². The number of rotatable bonds is 1. The monoisotopic (exact) mass is 374 g/mol. The third-order valence-corrected chi connectivity index (χ3v) is 5.20. The summed E-state index contributed by atoms with van der Waals surface area (Å²) >= 11 is 0. The molecular formula is C18H22N4O5. The highest BCUT2D eigenvalue weighted by Crippen LogP contribution is 2.44. The summed E-state index contributed by atoms with van der Waals surface area (Å²) in [7, 11) is 0. The van der Waals surface area contributed by atoms with Crippen LogP contribution in [0.5, 0.6) is 0 Å². The molecule has 4 N–H and O–H groups in total. The molecule has 1 saturated carbocycles. The van der Waals surface area contributed by atoms with Crippen LogP contribution < -0.4 is 5.69 Å². The minimum Gasteiger partial charge on any atom is -0.473 e. The number of imidazole rings is 1. The average molecular weight is 374 g/mol. The number of aromatic amines is 2. The van der Waals surface area contributed by atoms with Crippen molar-refractivity contribution in [1.82, 2.24) is 19.5 Å². The number of nitrogens with one attached hydrogen (secondary N) is 2. The summed E-state index contributed by atoms with van der Waals surface area (Å²) in [6.07, 6.45) is 8.30. The number of H-pyrrole nitrogens is 2. The Balaban J connectivity index is 0.000000307. The maximum atomic E-state index is 12.6. The van der Waals surface area contributed by atoms with E-state index < -0.39 is 11.9 Å². The van der Waals surface area contributed by atoms with Gasteiger partial charge in [0.1, 0.15) is 5.65 Å². The van der Waals surface area contributed by atoms with Gasteiger partial charge in [-0.2, -0.15) is 0 Å². The molecule has 9 nitrogen and oxygen atoms in total. The van der Waals surface area contributed by atoms with Crippen molar-refractivity contribution >= 4 is 34.0 Å². The Hall–Kier alpha value is -3.10. The van der Waals surface area contributed by atoms with Crippen LogP contribution in [0.3, 0.4) is 0 Å². The van der Waals surface area contributed by atoms with E-state index >= 15 is 0 Å². The van der Waals surface area contributed by atoms with E-state index in [1.807, 2.05) is 16.8 Å². The summed E-state index contributed by atoms with van der Waals surface area (Å²) in [5, 5.41) is 15.8. The quantitative estimate of drug-likeness (QED) is 0.482. The number of carbonyl (C=O) groups is 2. The molecule has 0 aliphatic heterocycles. The highest BCUT2D eigenvalue weighted by atomic mass is 16.4. The number of hydrogen-bond donors (Lipinski definition) is 4. The SMILES string of the molecule is CC1(C)CCCCC1n1c(=O)[nH]c2cnc3[nH]ccc3c21.O=C(O)C(=O)O. The van der Waals surface area contributed by atoms with Crippen LogP contribution in [0.25, 0.3) is 22.1 Å². The Morgan fingerprint density at radius 2 is 1.96 bits per heavy atom. The Morgan fingerprint density at radius 3 is 2.59 bits per heavy atom. The lowest BCUT2D eigenvalue weighted by molar-refractivity contribution is -0.159. The third-order valence-electron chi connectivity index (χ3n) is 5.20. The normalized spacial score (nSPS) is 18.8. The van der Waals surface area contributed by atoms with Gasteiger partial charge in [-0.05, 0) is 24.3 Å². The summed E-state index contributed by atoms with van der Waals surface area (Å²) in [4.78, 5) is 41.2. The molecule has 3 heterocycles. The van der Waals surface area contributed by atoms with Crippen molar-refractivity contribution in [2.75, 3.05) is 0 Å². The van der Waals surface area contributed by atoms with Crippen molar-refractivity contribution < 1.29 is 19.8 Å². The van der Waals surface area contributed by atoms with Crippen molar-refractivity contribution in [2.24, 2.45) is 5.41 Å². The van der Waals surface area contributed by atoms with Crippen LogP contribution in [0, 0.1) is 5.41 Å². The van der Waals surface area contributed by atoms with Crippen LogP contribution in [-0.2, 0) is 9.59 Å². The first-order valence-corrected chi connectivity index (χ1v) is 8.75. The highest BCUT2D eigenvalue weighted by molar-refractivity contribution is 6.27. The first kappa shape index (κ1) is 18.7. The molecule has 1 atom stereocenters. The molecule has 0 aromatic carbocycles. The van der Waals surface area contributed by atoms with E-state index in [4.69, 9.17) is 19.8 Å². The van der Waals surface area contributed by atoms with Crippen LogP contribution in [0.15, 0.2) is 23.3 Å². The Bertz CT molecular complexity index is 1050. The van der Waals surface area contributed by atoms with E-state index in [-0.39, 0.29) is 17.1 Å². The second kappa shape index (κ2) is 6.90. The molecule has 9 heteroatoms. The predicted octanol–water partition coefficient (Wildman–Crippen LogP) is 2.50. The van der Waals surface area contributed by atoms with Crippen LogP contribution in [0.1, 0.15) is 45.6 Å². The Kier molecular flexibility index (Phi) is 4.77. The standard InChI is InChI=1S/C16H20N4O.C2H2O4/c1-16(2)7-4-3-5-12(16)20-13-10-6-8-17-14(10)18-9-11(13)19-15(20)21;3-1(4)2(5)6/h6,8-9,12H,3-5,7H2,1-2H3,(H,17,18)(H,19,21);(H,3,4)(H,5,6). The molecule has 1 unspecified atom stereocenters. The summed E-state index contributed by atoms with van der Waals surface area (Å²) < 4.78 is 1.98. The molecule has 1 aliphatic carbocycles. The van der Waals surface area contributed by atoms with E-state index in [9.17, 15) is 4.79 Å². The van der Waals surface area contributed by atoms with Gasteiger partial charge in [0, 0.05) is 17.6 Å². The lowest BCUT2D eigenvalue weighted by Gasteiger charge is -2.39. The number of aromatic nitrogens is 4. The fraction of sp³-hybridized carbons (Fsp3) is 0.444. The number of nitrogens with zero attached hydrogens (tertiary/aromatic N) is 2. The number of hydrogen-bond acceptors (Lipinski definition) is 4. The maximum absolute atomic E-state index is 12.6. The smallest absolute Gasteiger partial charge is 0.414 e. The van der Waals surface area contributed by atoms with Crippen molar-refractivity contribution in [2.45, 2.75) is 45.6 Å². The second-order valence-corrected chi connectivity index (χ2v) is 7.42. The van der Waals surface area contributed by atoms with Gasteiger partial charge in [-0.1, -0.05) is 26.7 Å². The second-order valence-electron chi connectivity index (χ2n) is 7.42. The largest absolute Gasteiger partial charge is 0.473 e. The first-order chi connectivity index (χ1) is 12.7. The summed E-state index contributed by atoms with van der Waals surface area (Å²) in [5.74, 6) is -3.65. The molecule has 0 radical (unpaired) electrons. The van der Waals surface area contributed by atoms with Gasteiger partial charge in [0.25, 0.3) is 0 Å². The summed E-state index contributed by atoms with van der Waals surface area (Å²) in [6, 6.07) is 2.25. The van der Waals surface area contributed by atoms with Gasteiger partial charge in [0.05, 0.1) is 17.2 Å². The van der Waals surface area contributed by atoms with E-state index in [0.29, 0.717) is 0 Å². The van der Waals surface area contributed by atoms with Crippen LogP contribution in [0.4, 0.5) is 0 Å². The molecule has 0 spiro atoms. The highest BCUT2D eigenvalue weighted by Gasteiger charge is 2.35. The van der Waals surface area contributed by atoms with Crippen molar-refractivity contribution in [1.29, 1.82) is 0 Å². The summed E-state index contributed by atoms with van der Waals surface area (Å²) in [5.41, 5.74) is 2.78. The zero-order valence-electron chi connectivity index (χ0n) is 15.2. The molecule has 0 saturated heterocycles. The molecule has 0 bridgehead atoms. The number of carboxylic acids is 2. The lowest BCUT2D eigenvalue weighted by atomic mass is 9.73. The minimum absolute atomic E-state index is 0.0134. The topological polar surface area (TPSA) is 141 Å². The molecule has 1 aliphatic rings. The lowest BCUT2D eigenvalue weighted by Crippen LogP contribution is -2.35. The fourth-order valence-corrected chi connectivity index (χ4v) is 3.87. The van der Waals surface area contributed by atoms with Crippen LogP contribution in [0.2, 0.25) is 0 Å². The maximum Gasteiger partial charge on any atom is 0.414 e. The molecule has 3 aromatic heterocycles. The van der Waals surface area contributed by atoms with E-state index in [0.717, 1.165) is 34.9 Å². The molecule has 4 rings (SSSR count). The number of fused-ring (bicyclic) bond motifs is 3. The predicted molar refractivity (Wildman–Crippen MR) is 98.8 cm³/mol. The number of pyridine rings is 1. The molecule has 3 aromatic rings. The third kappa shape index (κ3) is 3.44. The van der Waals surface area contributed by atoms with Crippen molar-refractivity contribution in [3.05, 3.63) is 28.9 Å². The summed E-state index contributed by atoms with van der Waals surface area (Å²) in [6.45, 7) is 4.55. The zero-order chi connectivity index (χ0) is 19.8. The minimum atomic E-state index is -1.82. The van der Waals surface area contributed by atoms with Gasteiger partial charge >= 0.3 is 17.6 Å².